The number of amides is 2. The van der Waals surface area contributed by atoms with Crippen molar-refractivity contribution in [2.75, 3.05) is 25.0 Å². The largest absolute Gasteiger partial charge is 0.394 e. The SMILES string of the molecule is Cc1cc(-c2ccnc(Nc3cnn(CCO)c3)n2)ccc1CNC(=O)N1CCC1. The second-order valence-corrected chi connectivity index (χ2v) is 7.25. The molecule has 0 aliphatic carbocycles. The number of benzene rings is 1. The van der Waals surface area contributed by atoms with Gasteiger partial charge in [0.25, 0.3) is 0 Å². The van der Waals surface area contributed by atoms with Crippen molar-refractivity contribution < 1.29 is 9.90 Å². The Morgan fingerprint density at radius 2 is 2.13 bits per heavy atom. The van der Waals surface area contributed by atoms with E-state index in [4.69, 9.17) is 5.11 Å². The number of hydrogen-bond donors (Lipinski definition) is 3. The second-order valence-electron chi connectivity index (χ2n) is 7.25. The first-order valence-corrected chi connectivity index (χ1v) is 9.98. The van der Waals surface area contributed by atoms with Crippen LogP contribution in [-0.4, -0.2) is 55.5 Å². The Hall–Kier alpha value is -3.46. The number of aromatic nitrogens is 4. The van der Waals surface area contributed by atoms with Crippen molar-refractivity contribution >= 4 is 17.7 Å². The summed E-state index contributed by atoms with van der Waals surface area (Å²) in [5.74, 6) is 0.472. The molecule has 4 rings (SSSR count). The molecule has 0 atom stereocenters. The highest BCUT2D eigenvalue weighted by Crippen LogP contribution is 2.22. The van der Waals surface area contributed by atoms with Gasteiger partial charge >= 0.3 is 6.03 Å². The van der Waals surface area contributed by atoms with E-state index in [1.165, 1.54) is 0 Å². The zero-order chi connectivity index (χ0) is 20.9. The zero-order valence-electron chi connectivity index (χ0n) is 16.9. The summed E-state index contributed by atoms with van der Waals surface area (Å²) in [5.41, 5.74) is 4.71. The van der Waals surface area contributed by atoms with Crippen molar-refractivity contribution in [1.82, 2.24) is 30.0 Å². The van der Waals surface area contributed by atoms with Crippen LogP contribution < -0.4 is 10.6 Å². The monoisotopic (exact) mass is 407 g/mol. The van der Waals surface area contributed by atoms with Gasteiger partial charge in [0.2, 0.25) is 5.95 Å². The maximum Gasteiger partial charge on any atom is 0.317 e. The number of carbonyl (C=O) groups excluding carboxylic acids is 1. The van der Waals surface area contributed by atoms with Crippen LogP contribution in [-0.2, 0) is 13.1 Å². The van der Waals surface area contributed by atoms with Gasteiger partial charge in [0.15, 0.2) is 0 Å². The molecule has 1 aromatic carbocycles. The maximum absolute atomic E-state index is 12.0. The molecule has 0 radical (unpaired) electrons. The molecule has 1 aliphatic rings. The molecule has 156 valence electrons. The smallest absolute Gasteiger partial charge is 0.317 e. The minimum absolute atomic E-state index is 0.00134. The lowest BCUT2D eigenvalue weighted by Crippen LogP contribution is -2.47. The molecule has 0 spiro atoms. The fourth-order valence-corrected chi connectivity index (χ4v) is 3.22. The molecule has 1 fully saturated rings. The Kier molecular flexibility index (Phi) is 5.89. The number of rotatable bonds is 7. The Balaban J connectivity index is 1.43. The lowest BCUT2D eigenvalue weighted by Gasteiger charge is -2.30. The quantitative estimate of drug-likeness (QED) is 0.555. The van der Waals surface area contributed by atoms with Crippen LogP contribution in [0.2, 0.25) is 0 Å². The van der Waals surface area contributed by atoms with E-state index in [2.05, 4.69) is 31.8 Å². The molecule has 3 aromatic rings. The molecule has 0 saturated carbocycles. The van der Waals surface area contributed by atoms with Gasteiger partial charge in [-0.1, -0.05) is 12.1 Å². The first kappa shape index (κ1) is 19.8. The van der Waals surface area contributed by atoms with Crippen LogP contribution in [0.3, 0.4) is 0 Å². The lowest BCUT2D eigenvalue weighted by atomic mass is 10.0. The molecule has 0 bridgehead atoms. The summed E-state index contributed by atoms with van der Waals surface area (Å²) in [5, 5.41) is 19.3. The Labute approximate surface area is 174 Å². The molecule has 2 amide bonds. The van der Waals surface area contributed by atoms with Crippen LogP contribution in [0.25, 0.3) is 11.3 Å². The highest BCUT2D eigenvalue weighted by atomic mass is 16.3. The summed E-state index contributed by atoms with van der Waals surface area (Å²) in [6.45, 7) is 4.70. The summed E-state index contributed by atoms with van der Waals surface area (Å²) in [6, 6.07) is 7.95. The predicted molar refractivity (Wildman–Crippen MR) is 113 cm³/mol. The van der Waals surface area contributed by atoms with Crippen molar-refractivity contribution in [1.29, 1.82) is 0 Å². The van der Waals surface area contributed by atoms with E-state index in [1.54, 1.807) is 23.3 Å². The average Bonchev–Trinajstić information content (AvgIpc) is 3.13. The fraction of sp³-hybridized carbons (Fsp3) is 0.333. The van der Waals surface area contributed by atoms with E-state index in [1.807, 2.05) is 30.0 Å². The fourth-order valence-electron chi connectivity index (χ4n) is 3.22. The van der Waals surface area contributed by atoms with E-state index >= 15 is 0 Å². The van der Waals surface area contributed by atoms with Gasteiger partial charge in [-0.05, 0) is 36.6 Å². The molecule has 30 heavy (non-hydrogen) atoms. The highest BCUT2D eigenvalue weighted by Gasteiger charge is 2.19. The molecule has 1 saturated heterocycles. The summed E-state index contributed by atoms with van der Waals surface area (Å²) in [7, 11) is 0. The standard InChI is InChI=1S/C21H25N7O2/c1-15-11-16(3-4-17(15)12-23-21(30)27-7-2-8-27)19-5-6-22-20(26-19)25-18-13-24-28(14-18)9-10-29/h3-6,11,13-14,29H,2,7-10,12H2,1H3,(H,23,30)(H,22,25,26). The van der Waals surface area contributed by atoms with Gasteiger partial charge in [-0.25, -0.2) is 14.8 Å². The number of aliphatic hydroxyl groups excluding tert-OH is 1. The molecule has 0 unspecified atom stereocenters. The van der Waals surface area contributed by atoms with E-state index in [9.17, 15) is 4.79 Å². The number of nitrogens with zero attached hydrogens (tertiary/aromatic N) is 5. The lowest BCUT2D eigenvalue weighted by molar-refractivity contribution is 0.167. The van der Waals surface area contributed by atoms with E-state index in [0.29, 0.717) is 19.0 Å². The normalized spacial score (nSPS) is 13.1. The number of anilines is 2. The molecule has 3 heterocycles. The third kappa shape index (κ3) is 4.57. The van der Waals surface area contributed by atoms with Gasteiger partial charge in [-0.3, -0.25) is 4.68 Å². The number of aliphatic hydroxyl groups is 1. The van der Waals surface area contributed by atoms with Crippen molar-refractivity contribution in [3.05, 3.63) is 54.0 Å². The van der Waals surface area contributed by atoms with E-state index in [-0.39, 0.29) is 12.6 Å². The van der Waals surface area contributed by atoms with Gasteiger partial charge in [-0.2, -0.15) is 5.10 Å². The first-order chi connectivity index (χ1) is 14.6. The van der Waals surface area contributed by atoms with Crippen LogP contribution in [0.15, 0.2) is 42.9 Å². The summed E-state index contributed by atoms with van der Waals surface area (Å²) in [6.07, 6.45) is 6.25. The van der Waals surface area contributed by atoms with Crippen molar-refractivity contribution in [3.63, 3.8) is 0 Å². The topological polar surface area (TPSA) is 108 Å². The summed E-state index contributed by atoms with van der Waals surface area (Å²) >= 11 is 0. The third-order valence-corrected chi connectivity index (χ3v) is 5.09. The van der Waals surface area contributed by atoms with Crippen molar-refractivity contribution in [2.45, 2.75) is 26.4 Å². The number of nitrogens with one attached hydrogen (secondary N) is 2. The number of carbonyl (C=O) groups is 1. The summed E-state index contributed by atoms with van der Waals surface area (Å²) < 4.78 is 1.65. The van der Waals surface area contributed by atoms with Gasteiger partial charge in [-0.15, -0.1) is 0 Å². The van der Waals surface area contributed by atoms with E-state index in [0.717, 1.165) is 47.6 Å². The number of urea groups is 1. The van der Waals surface area contributed by atoms with Crippen molar-refractivity contribution in [3.8, 4) is 11.3 Å². The predicted octanol–water partition coefficient (Wildman–Crippen LogP) is 2.30. The van der Waals surface area contributed by atoms with Gasteiger partial charge in [0.1, 0.15) is 0 Å². The zero-order valence-corrected chi connectivity index (χ0v) is 16.9. The van der Waals surface area contributed by atoms with Crippen LogP contribution in [0, 0.1) is 6.92 Å². The van der Waals surface area contributed by atoms with Gasteiger partial charge < -0.3 is 20.6 Å². The average molecular weight is 407 g/mol. The number of likely N-dealkylation sites (tertiary alicyclic amines) is 1. The molecular weight excluding hydrogens is 382 g/mol. The molecule has 3 N–H and O–H groups in total. The molecule has 9 nitrogen and oxygen atoms in total. The van der Waals surface area contributed by atoms with Gasteiger partial charge in [0, 0.05) is 37.6 Å². The first-order valence-electron chi connectivity index (χ1n) is 9.98. The van der Waals surface area contributed by atoms with E-state index < -0.39 is 0 Å². The van der Waals surface area contributed by atoms with Crippen molar-refractivity contribution in [2.24, 2.45) is 0 Å². The molecule has 9 heteroatoms. The number of hydrogen-bond acceptors (Lipinski definition) is 6. The van der Waals surface area contributed by atoms with Crippen LogP contribution in [0.5, 0.6) is 0 Å². The Bertz CT molecular complexity index is 1030. The second kappa shape index (κ2) is 8.91. The summed E-state index contributed by atoms with van der Waals surface area (Å²) in [4.78, 5) is 22.7. The van der Waals surface area contributed by atoms with Gasteiger partial charge in [0.05, 0.1) is 30.7 Å². The molecular formula is C21H25N7O2. The molecule has 2 aromatic heterocycles. The maximum atomic E-state index is 12.0. The van der Waals surface area contributed by atoms with Crippen LogP contribution in [0.4, 0.5) is 16.4 Å². The Morgan fingerprint density at radius 3 is 2.87 bits per heavy atom. The van der Waals surface area contributed by atoms with Crippen LogP contribution >= 0.6 is 0 Å². The molecule has 1 aliphatic heterocycles. The Morgan fingerprint density at radius 1 is 1.27 bits per heavy atom. The highest BCUT2D eigenvalue weighted by molar-refractivity contribution is 5.75. The minimum atomic E-state index is -0.00134. The number of aryl methyl sites for hydroxylation is 1. The third-order valence-electron chi connectivity index (χ3n) is 5.09. The minimum Gasteiger partial charge on any atom is -0.394 e. The van der Waals surface area contributed by atoms with Crippen LogP contribution in [0.1, 0.15) is 17.5 Å².